The lowest BCUT2D eigenvalue weighted by molar-refractivity contribution is -0.155. The van der Waals surface area contributed by atoms with Crippen LogP contribution >= 0.6 is 35.6 Å². The highest BCUT2D eigenvalue weighted by Crippen LogP contribution is 2.28. The fraction of sp³-hybridized carbons (Fsp3) is 0.478. The van der Waals surface area contributed by atoms with E-state index in [1.54, 1.807) is 59.2 Å². The number of carbonyl (C=O) groups excluding carboxylic acids is 2. The summed E-state index contributed by atoms with van der Waals surface area (Å²) in [4.78, 5) is 63.4. The van der Waals surface area contributed by atoms with Gasteiger partial charge in [-0.25, -0.2) is 24.7 Å². The van der Waals surface area contributed by atoms with Crippen LogP contribution in [0.5, 0.6) is 23.0 Å². The van der Waals surface area contributed by atoms with Gasteiger partial charge in [0.2, 0.25) is 17.2 Å². The number of nitrogens with one attached hydrogen (secondary N) is 4. The molecule has 8 aromatic rings. The van der Waals surface area contributed by atoms with Crippen LogP contribution in [-0.4, -0.2) is 151 Å². The maximum Gasteiger partial charge on any atom is 0.407 e. The van der Waals surface area contributed by atoms with E-state index in [0.29, 0.717) is 102 Å². The molecule has 2 aromatic carbocycles. The minimum absolute atomic E-state index is 0. The Kier molecular flexibility index (Phi) is 37.0. The third kappa shape index (κ3) is 30.7. The van der Waals surface area contributed by atoms with Crippen LogP contribution in [0.1, 0.15) is 121 Å². The van der Waals surface area contributed by atoms with Gasteiger partial charge in [-0.2, -0.15) is 9.97 Å². The number of hydrogen-bond donors (Lipinski definition) is 8. The molecule has 96 heavy (non-hydrogen) atoms. The standard InChI is InChI=1S/C25H33N5O4.C10H14N6.C9H13NO2.C8H18N2O2.C8H19N.C7H3Cl2N3.ClH/c1-16(9-12-21(31)34-25(2,3)4)28-23-22-19(8-7-13-26-22)29-24(30-23)27-15-17-10-11-18(32-5)14-20(17)33-6;1-6(5-11)14-9-8-7(3-2-4-13-8)15-10(12)16-9;1-11-8-4-3-7(6-10)9(5-8)12-2;1-6(9)5-10-7(11)12-8(2,3)4;1-6-9(7(2)3)8(4)5;8-6-5-4(2-1-3-10-5)11-7(9)12-6;/h7-8,10-11,13-14,16H,9,12,15H2,1-6H3,(H2,27,28,29,30);2-4,6H,5,11H2,1H3,(H3,12,14,15,16);3-5H,6,10H2,1-2H3;6H,5,9H2,1-4H3,(H,10,11);7-8H,6H2,1-5H3;1-3H;1H/t16-;6-;;6-;;;/m00.0.../s1. The number of pyridine rings is 3. The highest BCUT2D eigenvalue weighted by molar-refractivity contribution is 6.35. The number of nitrogens with two attached hydrogens (primary N) is 4. The number of nitrogens with zero attached hydrogens (tertiary/aromatic N) is 10. The lowest BCUT2D eigenvalue weighted by Crippen LogP contribution is -2.38. The average Bonchev–Trinajstić information content (AvgIpc) is 0.826. The Morgan fingerprint density at radius 1 is 0.615 bits per heavy atom. The molecular weight excluding hydrogens is 1290 g/mol. The molecule has 0 bridgehead atoms. The Bertz CT molecular complexity index is 3610. The Morgan fingerprint density at radius 3 is 1.57 bits per heavy atom. The predicted molar refractivity (Wildman–Crippen MR) is 389 cm³/mol. The Hall–Kier alpha value is -8.24. The molecule has 0 aliphatic carbocycles. The third-order valence-electron chi connectivity index (χ3n) is 12.9. The number of aromatic nitrogens is 9. The van der Waals surface area contributed by atoms with Gasteiger partial charge in [-0.1, -0.05) is 24.6 Å². The molecule has 6 heterocycles. The van der Waals surface area contributed by atoms with Crippen molar-refractivity contribution in [3.8, 4) is 23.0 Å². The van der Waals surface area contributed by atoms with E-state index in [2.05, 4.69) is 106 Å². The van der Waals surface area contributed by atoms with Crippen molar-refractivity contribution in [2.24, 2.45) is 17.2 Å². The number of anilines is 4. The summed E-state index contributed by atoms with van der Waals surface area (Å²) in [5, 5.41) is 12.8. The zero-order valence-corrected chi connectivity index (χ0v) is 61.0. The maximum atomic E-state index is 12.1. The van der Waals surface area contributed by atoms with Gasteiger partial charge < -0.3 is 72.6 Å². The number of alkyl carbamates (subject to hydrolysis) is 1. The molecule has 6 aromatic heterocycles. The fourth-order valence-electron chi connectivity index (χ4n) is 8.54. The molecule has 0 aliphatic heterocycles. The average molecular weight is 1390 g/mol. The van der Waals surface area contributed by atoms with Crippen molar-refractivity contribution in [3.63, 3.8) is 0 Å². The summed E-state index contributed by atoms with van der Waals surface area (Å²) in [5.74, 6) is 4.69. The quantitative estimate of drug-likeness (QED) is 0.0188. The van der Waals surface area contributed by atoms with E-state index in [1.807, 2.05) is 123 Å². The molecule has 8 rings (SSSR count). The molecule has 0 radical (unpaired) electrons. The lowest BCUT2D eigenvalue weighted by Gasteiger charge is -2.28. The van der Waals surface area contributed by atoms with E-state index in [4.69, 9.17) is 74.6 Å². The zero-order chi connectivity index (χ0) is 71.0. The van der Waals surface area contributed by atoms with Crippen molar-refractivity contribution in [1.29, 1.82) is 0 Å². The summed E-state index contributed by atoms with van der Waals surface area (Å²) >= 11 is 11.4. The first kappa shape index (κ1) is 83.8. The summed E-state index contributed by atoms with van der Waals surface area (Å²) in [6.07, 6.45) is 5.52. The molecule has 0 aliphatic rings. The first-order valence-corrected chi connectivity index (χ1v) is 31.9. The van der Waals surface area contributed by atoms with E-state index in [-0.39, 0.29) is 52.9 Å². The van der Waals surface area contributed by atoms with Crippen molar-refractivity contribution in [1.82, 2.24) is 55.1 Å². The molecule has 528 valence electrons. The largest absolute Gasteiger partial charge is 0.497 e. The molecule has 1 amide bonds. The summed E-state index contributed by atoms with van der Waals surface area (Å²) in [6, 6.07) is 23.6. The van der Waals surface area contributed by atoms with E-state index in [0.717, 1.165) is 40.4 Å². The van der Waals surface area contributed by atoms with Gasteiger partial charge in [-0.15, -0.1) is 12.4 Å². The van der Waals surface area contributed by atoms with Gasteiger partial charge in [-0.3, -0.25) is 24.6 Å². The van der Waals surface area contributed by atoms with E-state index in [1.165, 1.54) is 0 Å². The zero-order valence-electron chi connectivity index (χ0n) is 58.7. The van der Waals surface area contributed by atoms with Gasteiger partial charge in [0.05, 0.1) is 45.0 Å². The normalized spacial score (nSPS) is 11.8. The van der Waals surface area contributed by atoms with Gasteiger partial charge >= 0.3 is 12.1 Å². The molecule has 0 unspecified atom stereocenters. The second-order valence-corrected chi connectivity index (χ2v) is 24.7. The number of esters is 1. The van der Waals surface area contributed by atoms with Crippen LogP contribution in [0, 0.1) is 0 Å². The molecule has 29 heteroatoms. The van der Waals surface area contributed by atoms with E-state index >= 15 is 0 Å². The second-order valence-electron chi connectivity index (χ2n) is 24.0. The van der Waals surface area contributed by atoms with E-state index < -0.39 is 17.3 Å². The fourth-order valence-corrected chi connectivity index (χ4v) is 8.98. The third-order valence-corrected chi connectivity index (χ3v) is 13.4. The number of benzene rings is 2. The van der Waals surface area contributed by atoms with Gasteiger partial charge in [0, 0.05) is 105 Å². The van der Waals surface area contributed by atoms with Crippen LogP contribution in [0.15, 0.2) is 91.4 Å². The van der Waals surface area contributed by atoms with Crippen molar-refractivity contribution in [2.75, 3.05) is 69.8 Å². The molecule has 3 atom stereocenters. The van der Waals surface area contributed by atoms with Gasteiger partial charge in [0.1, 0.15) is 50.8 Å². The van der Waals surface area contributed by atoms with Crippen molar-refractivity contribution < 1.29 is 38.0 Å². The van der Waals surface area contributed by atoms with Crippen LogP contribution in [0.2, 0.25) is 10.4 Å². The SMILES string of the molecule is CCN(C(C)C)C(C)C.COc1ccc(CN)c(OC)c1.COc1ccc(CNc2nc(N[C@@H](C)CCC(=O)OC(C)(C)C)c3ncccc3n2)c(OC)c1.C[C@@H](CN)Nc1nc(N)nc2cccnc12.C[C@H](N)CNC(=O)OC(C)(C)C.Cl.Clc1nc(Cl)c2ncccc2n1. The minimum atomic E-state index is -0.492. The summed E-state index contributed by atoms with van der Waals surface area (Å²) in [7, 11) is 6.48. The maximum absolute atomic E-state index is 12.1. The van der Waals surface area contributed by atoms with Gasteiger partial charge in [0.15, 0.2) is 16.8 Å². The first-order chi connectivity index (χ1) is 44.9. The number of hydrogen-bond acceptors (Lipinski definition) is 25. The summed E-state index contributed by atoms with van der Waals surface area (Å²) < 4.78 is 31.3. The predicted octanol–water partition coefficient (Wildman–Crippen LogP) is 11.8. The van der Waals surface area contributed by atoms with Crippen LogP contribution in [-0.2, 0) is 27.4 Å². The topological polar surface area (TPSA) is 361 Å². The number of nitrogen functional groups attached to an aromatic ring is 1. The van der Waals surface area contributed by atoms with Crippen LogP contribution in [0.3, 0.4) is 0 Å². The molecule has 0 saturated carbocycles. The monoisotopic (exact) mass is 1390 g/mol. The van der Waals surface area contributed by atoms with Gasteiger partial charge in [-0.05, 0) is 169 Å². The van der Waals surface area contributed by atoms with Crippen LogP contribution < -0.4 is 63.1 Å². The van der Waals surface area contributed by atoms with Crippen LogP contribution in [0.4, 0.5) is 28.3 Å². The van der Waals surface area contributed by atoms with Crippen molar-refractivity contribution in [2.45, 2.75) is 164 Å². The number of ether oxygens (including phenoxy) is 6. The number of fused-ring (bicyclic) bond motifs is 3. The van der Waals surface area contributed by atoms with Crippen molar-refractivity contribution >= 4 is 104 Å². The molecule has 12 N–H and O–H groups in total. The lowest BCUT2D eigenvalue weighted by atomic mass is 10.1. The Labute approximate surface area is 581 Å². The number of rotatable bonds is 21. The van der Waals surface area contributed by atoms with E-state index in [9.17, 15) is 9.59 Å². The number of amides is 1. The summed E-state index contributed by atoms with van der Waals surface area (Å²) in [5.41, 5.74) is 27.1. The first-order valence-electron chi connectivity index (χ1n) is 31.1. The molecular formula is C67H101Cl3N18O8. The Balaban J connectivity index is 0.000000425. The molecule has 0 fully saturated rings. The number of methoxy groups -OCH3 is 4. The number of halogens is 3. The molecule has 0 spiro atoms. The highest BCUT2D eigenvalue weighted by atomic mass is 35.5. The summed E-state index contributed by atoms with van der Waals surface area (Å²) in [6.45, 7) is 31.0. The van der Waals surface area contributed by atoms with Crippen molar-refractivity contribution in [3.05, 3.63) is 113 Å². The van der Waals surface area contributed by atoms with Gasteiger partial charge in [0.25, 0.3) is 0 Å². The smallest absolute Gasteiger partial charge is 0.407 e. The second kappa shape index (κ2) is 42.3. The van der Waals surface area contributed by atoms with Crippen LogP contribution in [0.25, 0.3) is 33.1 Å². The number of carbonyl (C=O) groups is 2. The Morgan fingerprint density at radius 2 is 1.10 bits per heavy atom. The molecule has 0 saturated heterocycles. The minimum Gasteiger partial charge on any atom is -0.497 e. The molecule has 26 nitrogen and oxygen atoms in total. The highest BCUT2D eigenvalue weighted by Gasteiger charge is 2.20.